The summed E-state index contributed by atoms with van der Waals surface area (Å²) in [7, 11) is 1.90. The van der Waals surface area contributed by atoms with Gasteiger partial charge >= 0.3 is 0 Å². The van der Waals surface area contributed by atoms with Crippen LogP contribution in [0.4, 0.5) is 11.4 Å². The van der Waals surface area contributed by atoms with Crippen molar-refractivity contribution in [2.75, 3.05) is 11.9 Å². The molecular weight excluding hydrogens is 316 g/mol. The first-order valence-corrected chi connectivity index (χ1v) is 6.86. The topological polar surface area (TPSA) is 44.1 Å². The average Bonchev–Trinajstić information content (AvgIpc) is 2.46. The number of carbonyl (C=O) groups is 1. The Kier molecular flexibility index (Phi) is 4.21. The van der Waals surface area contributed by atoms with Crippen LogP contribution in [-0.2, 0) is 0 Å². The van der Waals surface area contributed by atoms with Crippen LogP contribution in [0.2, 0.25) is 0 Å². The molecule has 20 heavy (non-hydrogen) atoms. The van der Waals surface area contributed by atoms with Gasteiger partial charge in [0.25, 0.3) is 0 Å². The number of anilines is 2. The summed E-state index contributed by atoms with van der Waals surface area (Å²) in [5.41, 5.74) is 3.04. The van der Waals surface area contributed by atoms with Crippen molar-refractivity contribution >= 4 is 33.1 Å². The second-order valence-electron chi connectivity index (χ2n) is 4.44. The molecule has 0 saturated heterocycles. The number of nitriles is 1. The zero-order chi connectivity index (χ0) is 14.7. The van der Waals surface area contributed by atoms with E-state index in [0.29, 0.717) is 11.1 Å². The lowest BCUT2D eigenvalue weighted by Crippen LogP contribution is -2.13. The lowest BCUT2D eigenvalue weighted by Gasteiger charge is -2.22. The van der Waals surface area contributed by atoms with E-state index in [1.807, 2.05) is 42.3 Å². The van der Waals surface area contributed by atoms with Crippen LogP contribution in [0, 0.1) is 11.3 Å². The lowest BCUT2D eigenvalue weighted by molar-refractivity contribution is 0.101. The predicted molar refractivity (Wildman–Crippen MR) is 83.4 cm³/mol. The third-order valence-corrected chi connectivity index (χ3v) is 3.58. The van der Waals surface area contributed by atoms with E-state index in [4.69, 9.17) is 5.26 Å². The molecule has 0 amide bonds. The van der Waals surface area contributed by atoms with Crippen LogP contribution in [0.25, 0.3) is 0 Å². The molecule has 0 fully saturated rings. The SMILES string of the molecule is CC(=O)c1cc(Br)ccc1N(C)c1ccc(C#N)cc1. The maximum absolute atomic E-state index is 11.8. The van der Waals surface area contributed by atoms with Crippen molar-refractivity contribution in [2.45, 2.75) is 6.92 Å². The van der Waals surface area contributed by atoms with E-state index in [-0.39, 0.29) is 5.78 Å². The van der Waals surface area contributed by atoms with E-state index in [1.54, 1.807) is 19.1 Å². The van der Waals surface area contributed by atoms with Gasteiger partial charge in [-0.05, 0) is 49.4 Å². The molecule has 0 aliphatic carbocycles. The minimum atomic E-state index is 0.0156. The molecule has 0 unspecified atom stereocenters. The maximum Gasteiger partial charge on any atom is 0.161 e. The first kappa shape index (κ1) is 14.3. The summed E-state index contributed by atoms with van der Waals surface area (Å²) in [6.07, 6.45) is 0. The molecule has 2 aromatic carbocycles. The van der Waals surface area contributed by atoms with E-state index < -0.39 is 0 Å². The van der Waals surface area contributed by atoms with Crippen molar-refractivity contribution in [1.82, 2.24) is 0 Å². The summed E-state index contributed by atoms with van der Waals surface area (Å²) in [5, 5.41) is 8.82. The first-order valence-electron chi connectivity index (χ1n) is 6.07. The molecule has 3 nitrogen and oxygen atoms in total. The van der Waals surface area contributed by atoms with Crippen molar-refractivity contribution in [2.24, 2.45) is 0 Å². The fourth-order valence-electron chi connectivity index (χ4n) is 1.98. The normalized spacial score (nSPS) is 9.90. The first-order chi connectivity index (χ1) is 9.52. The quantitative estimate of drug-likeness (QED) is 0.789. The van der Waals surface area contributed by atoms with Crippen molar-refractivity contribution in [3.05, 3.63) is 58.1 Å². The number of carbonyl (C=O) groups excluding carboxylic acids is 1. The summed E-state index contributed by atoms with van der Waals surface area (Å²) >= 11 is 3.38. The second-order valence-corrected chi connectivity index (χ2v) is 5.35. The Labute approximate surface area is 126 Å². The monoisotopic (exact) mass is 328 g/mol. The molecular formula is C16H13BrN2O. The Morgan fingerprint density at radius 2 is 1.85 bits per heavy atom. The molecule has 0 heterocycles. The van der Waals surface area contributed by atoms with Crippen LogP contribution in [0.1, 0.15) is 22.8 Å². The zero-order valence-electron chi connectivity index (χ0n) is 11.2. The van der Waals surface area contributed by atoms with Gasteiger partial charge in [-0.2, -0.15) is 5.26 Å². The van der Waals surface area contributed by atoms with Crippen LogP contribution in [-0.4, -0.2) is 12.8 Å². The van der Waals surface area contributed by atoms with Gasteiger partial charge in [0.2, 0.25) is 0 Å². The fourth-order valence-corrected chi connectivity index (χ4v) is 2.34. The Morgan fingerprint density at radius 1 is 1.20 bits per heavy atom. The number of ketones is 1. The van der Waals surface area contributed by atoms with E-state index in [0.717, 1.165) is 15.8 Å². The molecule has 0 aliphatic heterocycles. The van der Waals surface area contributed by atoms with Crippen LogP contribution in [0.3, 0.4) is 0 Å². The molecule has 0 atom stereocenters. The number of halogens is 1. The van der Waals surface area contributed by atoms with Gasteiger partial charge in [0, 0.05) is 22.8 Å². The highest BCUT2D eigenvalue weighted by molar-refractivity contribution is 9.10. The lowest BCUT2D eigenvalue weighted by atomic mass is 10.1. The summed E-state index contributed by atoms with van der Waals surface area (Å²) in [6, 6.07) is 15.0. The van der Waals surface area contributed by atoms with E-state index >= 15 is 0 Å². The van der Waals surface area contributed by atoms with Crippen molar-refractivity contribution in [1.29, 1.82) is 5.26 Å². The van der Waals surface area contributed by atoms with Crippen LogP contribution < -0.4 is 4.90 Å². The number of rotatable bonds is 3. The van der Waals surface area contributed by atoms with E-state index in [2.05, 4.69) is 22.0 Å². The van der Waals surface area contributed by atoms with Gasteiger partial charge in [-0.25, -0.2) is 0 Å². The summed E-state index contributed by atoms with van der Waals surface area (Å²) in [5.74, 6) is 0.0156. The van der Waals surface area contributed by atoms with Crippen molar-refractivity contribution in [3.63, 3.8) is 0 Å². The van der Waals surface area contributed by atoms with Gasteiger partial charge in [0.15, 0.2) is 5.78 Å². The molecule has 0 N–H and O–H groups in total. The highest BCUT2D eigenvalue weighted by Crippen LogP contribution is 2.29. The maximum atomic E-state index is 11.8. The zero-order valence-corrected chi connectivity index (χ0v) is 12.8. The highest BCUT2D eigenvalue weighted by atomic mass is 79.9. The largest absolute Gasteiger partial charge is 0.344 e. The minimum absolute atomic E-state index is 0.0156. The molecule has 0 aliphatic rings. The second kappa shape index (κ2) is 5.89. The van der Waals surface area contributed by atoms with Gasteiger partial charge in [-0.1, -0.05) is 15.9 Å². The highest BCUT2D eigenvalue weighted by Gasteiger charge is 2.13. The average molecular weight is 329 g/mol. The number of Topliss-reactive ketones (excluding diaryl/α,β-unsaturated/α-hetero) is 1. The molecule has 2 rings (SSSR count). The number of nitrogens with zero attached hydrogens (tertiary/aromatic N) is 2. The smallest absolute Gasteiger partial charge is 0.161 e. The predicted octanol–water partition coefficient (Wildman–Crippen LogP) is 4.29. The van der Waals surface area contributed by atoms with Crippen molar-refractivity contribution in [3.8, 4) is 6.07 Å². The van der Waals surface area contributed by atoms with Gasteiger partial charge in [0.1, 0.15) is 0 Å². The van der Waals surface area contributed by atoms with Crippen LogP contribution >= 0.6 is 15.9 Å². The van der Waals surface area contributed by atoms with E-state index in [9.17, 15) is 4.79 Å². The van der Waals surface area contributed by atoms with Crippen LogP contribution in [0.15, 0.2) is 46.9 Å². The molecule has 0 spiro atoms. The Balaban J connectivity index is 2.44. The molecule has 100 valence electrons. The Hall–Kier alpha value is -2.12. The number of hydrogen-bond donors (Lipinski definition) is 0. The molecule has 2 aromatic rings. The molecule has 0 saturated carbocycles. The number of benzene rings is 2. The van der Waals surface area contributed by atoms with Gasteiger partial charge in [-0.15, -0.1) is 0 Å². The molecule has 4 heteroatoms. The fraction of sp³-hybridized carbons (Fsp3) is 0.125. The summed E-state index contributed by atoms with van der Waals surface area (Å²) in [4.78, 5) is 13.7. The van der Waals surface area contributed by atoms with Crippen molar-refractivity contribution < 1.29 is 4.79 Å². The van der Waals surface area contributed by atoms with Crippen LogP contribution in [0.5, 0.6) is 0 Å². The number of hydrogen-bond acceptors (Lipinski definition) is 3. The summed E-state index contributed by atoms with van der Waals surface area (Å²) < 4.78 is 0.875. The standard InChI is InChI=1S/C16H13BrN2O/c1-11(20)15-9-13(17)5-8-16(15)19(2)14-6-3-12(10-18)4-7-14/h3-9H,1-2H3. The third kappa shape index (κ3) is 2.89. The molecule has 0 aromatic heterocycles. The Bertz CT molecular complexity index is 687. The summed E-state index contributed by atoms with van der Waals surface area (Å²) in [6.45, 7) is 1.55. The van der Waals surface area contributed by atoms with E-state index in [1.165, 1.54) is 0 Å². The van der Waals surface area contributed by atoms with Gasteiger partial charge in [-0.3, -0.25) is 4.79 Å². The third-order valence-electron chi connectivity index (χ3n) is 3.08. The Morgan fingerprint density at radius 3 is 2.40 bits per heavy atom. The molecule has 0 radical (unpaired) electrons. The minimum Gasteiger partial charge on any atom is -0.344 e. The van der Waals surface area contributed by atoms with Gasteiger partial charge in [0.05, 0.1) is 17.3 Å². The van der Waals surface area contributed by atoms with Gasteiger partial charge < -0.3 is 4.90 Å². The molecule has 0 bridgehead atoms.